The van der Waals surface area contributed by atoms with Gasteiger partial charge in [-0.3, -0.25) is 14.5 Å². The molecule has 0 aliphatic carbocycles. The third kappa shape index (κ3) is 8.17. The zero-order chi connectivity index (χ0) is 20.4. The van der Waals surface area contributed by atoms with Gasteiger partial charge in [-0.15, -0.1) is 0 Å². The standard InChI is InChI=1S/C21H30FN3O3/c1-16(26)8-3-2-4-11-19(24-20(27)15-25-12-5-6-13-25)21(28)23-18-10-7-9-17(22)14-18/h7,9-10,14,19H,2-6,8,11-13,15H2,1H3,(H,23,28)(H,24,27). The lowest BCUT2D eigenvalue weighted by Gasteiger charge is -2.21. The van der Waals surface area contributed by atoms with E-state index in [4.69, 9.17) is 0 Å². The van der Waals surface area contributed by atoms with Crippen LogP contribution in [0.15, 0.2) is 24.3 Å². The maximum Gasteiger partial charge on any atom is 0.246 e. The summed E-state index contributed by atoms with van der Waals surface area (Å²) in [5.41, 5.74) is 0.361. The zero-order valence-corrected chi connectivity index (χ0v) is 16.5. The zero-order valence-electron chi connectivity index (χ0n) is 16.5. The summed E-state index contributed by atoms with van der Waals surface area (Å²) < 4.78 is 13.4. The number of anilines is 1. The van der Waals surface area contributed by atoms with Crippen LogP contribution in [-0.2, 0) is 14.4 Å². The average molecular weight is 391 g/mol. The van der Waals surface area contributed by atoms with E-state index in [1.807, 2.05) is 0 Å². The van der Waals surface area contributed by atoms with Crippen molar-refractivity contribution in [3.8, 4) is 0 Å². The van der Waals surface area contributed by atoms with Gasteiger partial charge < -0.3 is 15.4 Å². The number of carbonyl (C=O) groups excluding carboxylic acids is 3. The molecule has 1 saturated heterocycles. The topological polar surface area (TPSA) is 78.5 Å². The van der Waals surface area contributed by atoms with Crippen LogP contribution >= 0.6 is 0 Å². The summed E-state index contributed by atoms with van der Waals surface area (Å²) in [5.74, 6) is -0.812. The number of hydrogen-bond donors (Lipinski definition) is 2. The number of ketones is 1. The second-order valence-corrected chi connectivity index (χ2v) is 7.40. The summed E-state index contributed by atoms with van der Waals surface area (Å²) in [6.45, 7) is 3.65. The van der Waals surface area contributed by atoms with Crippen LogP contribution in [0.3, 0.4) is 0 Å². The van der Waals surface area contributed by atoms with E-state index in [1.165, 1.54) is 18.2 Å². The smallest absolute Gasteiger partial charge is 0.246 e. The molecule has 2 N–H and O–H groups in total. The Morgan fingerprint density at radius 2 is 1.89 bits per heavy atom. The molecule has 1 fully saturated rings. The second-order valence-electron chi connectivity index (χ2n) is 7.40. The minimum Gasteiger partial charge on any atom is -0.343 e. The van der Waals surface area contributed by atoms with Crippen LogP contribution in [-0.4, -0.2) is 48.2 Å². The summed E-state index contributed by atoms with van der Waals surface area (Å²) in [6, 6.07) is 4.99. The molecule has 2 rings (SSSR count). The van der Waals surface area contributed by atoms with Gasteiger partial charge >= 0.3 is 0 Å². The predicted octanol–water partition coefficient (Wildman–Crippen LogP) is 2.88. The van der Waals surface area contributed by atoms with Gasteiger partial charge in [0.25, 0.3) is 0 Å². The summed E-state index contributed by atoms with van der Waals surface area (Å²) in [4.78, 5) is 38.1. The van der Waals surface area contributed by atoms with Crippen LogP contribution < -0.4 is 10.6 Å². The molecular weight excluding hydrogens is 361 g/mol. The first kappa shape index (κ1) is 22.0. The number of rotatable bonds is 11. The van der Waals surface area contributed by atoms with Gasteiger partial charge in [-0.1, -0.05) is 18.9 Å². The van der Waals surface area contributed by atoms with Gasteiger partial charge in [0.1, 0.15) is 17.6 Å². The maximum atomic E-state index is 13.4. The number of hydrogen-bond acceptors (Lipinski definition) is 4. The van der Waals surface area contributed by atoms with Crippen molar-refractivity contribution in [1.29, 1.82) is 0 Å². The van der Waals surface area contributed by atoms with Gasteiger partial charge in [-0.05, 0) is 63.9 Å². The van der Waals surface area contributed by atoms with Gasteiger partial charge in [0.2, 0.25) is 11.8 Å². The molecule has 2 amide bonds. The first-order valence-corrected chi connectivity index (χ1v) is 10.0. The minimum atomic E-state index is -0.685. The average Bonchev–Trinajstić information content (AvgIpc) is 3.13. The molecular formula is C21H30FN3O3. The Morgan fingerprint density at radius 1 is 1.14 bits per heavy atom. The molecule has 28 heavy (non-hydrogen) atoms. The molecule has 1 heterocycles. The van der Waals surface area contributed by atoms with Crippen molar-refractivity contribution in [2.45, 2.75) is 57.9 Å². The monoisotopic (exact) mass is 391 g/mol. The van der Waals surface area contributed by atoms with Crippen molar-refractivity contribution in [3.63, 3.8) is 0 Å². The van der Waals surface area contributed by atoms with E-state index in [0.29, 0.717) is 18.5 Å². The molecule has 1 aromatic carbocycles. The van der Waals surface area contributed by atoms with E-state index in [2.05, 4.69) is 15.5 Å². The molecule has 7 heteroatoms. The van der Waals surface area contributed by atoms with Crippen molar-refractivity contribution in [3.05, 3.63) is 30.1 Å². The number of Topliss-reactive ketones (excluding diaryl/α,β-unsaturated/α-hetero) is 1. The summed E-state index contributed by atoms with van der Waals surface area (Å²) in [7, 11) is 0. The molecule has 0 bridgehead atoms. The fourth-order valence-electron chi connectivity index (χ4n) is 3.35. The Kier molecular flexibility index (Phi) is 9.07. The van der Waals surface area contributed by atoms with E-state index < -0.39 is 11.9 Å². The Bertz CT molecular complexity index is 675. The predicted molar refractivity (Wildman–Crippen MR) is 106 cm³/mol. The third-order valence-electron chi connectivity index (χ3n) is 4.83. The third-order valence-corrected chi connectivity index (χ3v) is 4.83. The van der Waals surface area contributed by atoms with E-state index >= 15 is 0 Å². The highest BCUT2D eigenvalue weighted by atomic mass is 19.1. The molecule has 0 radical (unpaired) electrons. The van der Waals surface area contributed by atoms with Gasteiger partial charge in [0.15, 0.2) is 0 Å². The van der Waals surface area contributed by atoms with Crippen molar-refractivity contribution in [2.24, 2.45) is 0 Å². The van der Waals surface area contributed by atoms with Gasteiger partial charge in [-0.25, -0.2) is 4.39 Å². The maximum absolute atomic E-state index is 13.4. The number of likely N-dealkylation sites (tertiary alicyclic amines) is 1. The quantitative estimate of drug-likeness (QED) is 0.569. The van der Waals surface area contributed by atoms with Crippen molar-refractivity contribution in [1.82, 2.24) is 10.2 Å². The normalized spacial score (nSPS) is 15.2. The Hall–Kier alpha value is -2.28. The largest absolute Gasteiger partial charge is 0.343 e. The molecule has 1 unspecified atom stereocenters. The van der Waals surface area contributed by atoms with Gasteiger partial charge in [0, 0.05) is 12.1 Å². The van der Waals surface area contributed by atoms with Gasteiger partial charge in [-0.2, -0.15) is 0 Å². The molecule has 1 atom stereocenters. The number of benzene rings is 1. The highest BCUT2D eigenvalue weighted by Gasteiger charge is 2.23. The fourth-order valence-corrected chi connectivity index (χ4v) is 3.35. The molecule has 0 spiro atoms. The lowest BCUT2D eigenvalue weighted by Crippen LogP contribution is -2.47. The first-order valence-electron chi connectivity index (χ1n) is 10.0. The number of amides is 2. The Balaban J connectivity index is 1.90. The summed E-state index contributed by atoms with van der Waals surface area (Å²) in [6.07, 6.45) is 5.49. The first-order chi connectivity index (χ1) is 13.4. The van der Waals surface area contributed by atoms with Crippen LogP contribution in [0, 0.1) is 5.82 Å². The second kappa shape index (κ2) is 11.5. The molecule has 0 aromatic heterocycles. The van der Waals surface area contributed by atoms with Crippen molar-refractivity contribution < 1.29 is 18.8 Å². The van der Waals surface area contributed by atoms with Crippen molar-refractivity contribution >= 4 is 23.3 Å². The van der Waals surface area contributed by atoms with Gasteiger partial charge in [0.05, 0.1) is 6.54 Å². The van der Waals surface area contributed by atoms with E-state index in [1.54, 1.807) is 13.0 Å². The van der Waals surface area contributed by atoms with Crippen LogP contribution in [0.5, 0.6) is 0 Å². The number of nitrogens with zero attached hydrogens (tertiary/aromatic N) is 1. The lowest BCUT2D eigenvalue weighted by molar-refractivity contribution is -0.127. The number of halogens is 1. The van der Waals surface area contributed by atoms with Crippen molar-refractivity contribution in [2.75, 3.05) is 25.0 Å². The molecule has 154 valence electrons. The highest BCUT2D eigenvalue weighted by molar-refractivity contribution is 5.97. The number of nitrogens with one attached hydrogen (secondary N) is 2. The molecule has 0 saturated carbocycles. The molecule has 1 aromatic rings. The highest BCUT2D eigenvalue weighted by Crippen LogP contribution is 2.13. The number of unbranched alkanes of at least 4 members (excludes halogenated alkanes) is 2. The van der Waals surface area contributed by atoms with E-state index in [0.717, 1.165) is 45.2 Å². The fraction of sp³-hybridized carbons (Fsp3) is 0.571. The summed E-state index contributed by atoms with van der Waals surface area (Å²) in [5, 5.41) is 5.50. The van der Waals surface area contributed by atoms with E-state index in [9.17, 15) is 18.8 Å². The molecule has 1 aliphatic rings. The SMILES string of the molecule is CC(=O)CCCCCC(NC(=O)CN1CCCC1)C(=O)Nc1cccc(F)c1. The van der Waals surface area contributed by atoms with E-state index in [-0.39, 0.29) is 24.1 Å². The number of carbonyl (C=O) groups is 3. The van der Waals surface area contributed by atoms with Crippen LogP contribution in [0.4, 0.5) is 10.1 Å². The Labute approximate surface area is 165 Å². The lowest BCUT2D eigenvalue weighted by atomic mass is 10.1. The van der Waals surface area contributed by atoms with Crippen LogP contribution in [0.1, 0.15) is 51.9 Å². The van der Waals surface area contributed by atoms with Crippen LogP contribution in [0.25, 0.3) is 0 Å². The molecule has 6 nitrogen and oxygen atoms in total. The van der Waals surface area contributed by atoms with Crippen LogP contribution in [0.2, 0.25) is 0 Å². The molecule has 1 aliphatic heterocycles. The summed E-state index contributed by atoms with van der Waals surface area (Å²) >= 11 is 0. The Morgan fingerprint density at radius 3 is 2.57 bits per heavy atom. The minimum absolute atomic E-state index is 0.152.